The molecule has 0 radical (unpaired) electrons. The summed E-state index contributed by atoms with van der Waals surface area (Å²) in [4.78, 5) is 22.6. The quantitative estimate of drug-likeness (QED) is 0.712. The second-order valence-corrected chi connectivity index (χ2v) is 6.94. The van der Waals surface area contributed by atoms with Crippen LogP contribution in [0.5, 0.6) is 0 Å². The van der Waals surface area contributed by atoms with Gasteiger partial charge in [-0.05, 0) is 18.6 Å². The van der Waals surface area contributed by atoms with Gasteiger partial charge in [-0.3, -0.25) is 9.48 Å². The predicted octanol–water partition coefficient (Wildman–Crippen LogP) is 1.50. The van der Waals surface area contributed by atoms with Crippen LogP contribution in [0.15, 0.2) is 42.6 Å². The van der Waals surface area contributed by atoms with Crippen molar-refractivity contribution >= 4 is 11.9 Å². The molecule has 1 aliphatic heterocycles. The number of carbonyl (C=O) groups excluding carboxylic acids is 1. The molecule has 1 aliphatic rings. The average Bonchev–Trinajstić information content (AvgIpc) is 3.12. The Balaban J connectivity index is 1.49. The number of aromatic nitrogens is 4. The number of aliphatic hydroxyl groups excluding tert-OH is 1. The molecule has 0 saturated carbocycles. The minimum atomic E-state index is -0.683. The molecule has 8 heteroatoms. The van der Waals surface area contributed by atoms with Crippen LogP contribution in [0, 0.1) is 6.92 Å². The van der Waals surface area contributed by atoms with Gasteiger partial charge < -0.3 is 15.7 Å². The van der Waals surface area contributed by atoms with E-state index in [0.29, 0.717) is 43.0 Å². The second-order valence-electron chi connectivity index (χ2n) is 6.94. The van der Waals surface area contributed by atoms with Gasteiger partial charge in [-0.25, -0.2) is 9.97 Å². The highest BCUT2D eigenvalue weighted by Crippen LogP contribution is 2.22. The Morgan fingerprint density at radius 3 is 2.82 bits per heavy atom. The van der Waals surface area contributed by atoms with Crippen molar-refractivity contribution in [2.45, 2.75) is 32.5 Å². The maximum Gasteiger partial charge on any atom is 0.257 e. The van der Waals surface area contributed by atoms with Crippen LogP contribution < -0.4 is 5.73 Å². The number of nitrogen functional groups attached to an aromatic ring is 1. The Labute approximate surface area is 162 Å². The molecule has 0 bridgehead atoms. The van der Waals surface area contributed by atoms with Crippen LogP contribution in [0.2, 0.25) is 0 Å². The van der Waals surface area contributed by atoms with Crippen molar-refractivity contribution in [1.29, 1.82) is 0 Å². The number of hydrogen-bond acceptors (Lipinski definition) is 6. The van der Waals surface area contributed by atoms with E-state index in [0.717, 1.165) is 11.3 Å². The minimum absolute atomic E-state index is 0.128. The summed E-state index contributed by atoms with van der Waals surface area (Å²) >= 11 is 0. The van der Waals surface area contributed by atoms with Crippen molar-refractivity contribution in [2.75, 3.05) is 12.3 Å². The van der Waals surface area contributed by atoms with Crippen molar-refractivity contribution < 1.29 is 9.90 Å². The van der Waals surface area contributed by atoms with Gasteiger partial charge in [0.15, 0.2) is 0 Å². The summed E-state index contributed by atoms with van der Waals surface area (Å²) in [6, 6.07) is 11.7. The topological polar surface area (TPSA) is 110 Å². The standard InChI is InChI=1S/C20H22N6O2/c1-13-16(11-22-20(21)23-13)19(28)25-7-8-26-15(12-25)10-17(24-26)18(27)9-14-5-3-2-4-6-14/h2-6,10-11,18,27H,7-9,12H2,1H3,(H2,21,22,23)/t18-/m0/s1. The zero-order valence-corrected chi connectivity index (χ0v) is 15.6. The first-order valence-corrected chi connectivity index (χ1v) is 9.18. The summed E-state index contributed by atoms with van der Waals surface area (Å²) in [5.74, 6) is 0.0270. The third kappa shape index (κ3) is 3.59. The van der Waals surface area contributed by atoms with Crippen molar-refractivity contribution in [3.8, 4) is 0 Å². The largest absolute Gasteiger partial charge is 0.386 e. The molecule has 0 spiro atoms. The molecule has 0 saturated heterocycles. The molecule has 0 aliphatic carbocycles. The second kappa shape index (κ2) is 7.40. The Morgan fingerprint density at radius 1 is 1.29 bits per heavy atom. The number of nitrogens with zero attached hydrogens (tertiary/aromatic N) is 5. The normalized spacial score (nSPS) is 14.6. The SMILES string of the molecule is Cc1nc(N)ncc1C(=O)N1CCn2nc([C@@H](O)Cc3ccccc3)cc2C1. The van der Waals surface area contributed by atoms with Crippen molar-refractivity contribution in [3.63, 3.8) is 0 Å². The van der Waals surface area contributed by atoms with Crippen molar-refractivity contribution in [1.82, 2.24) is 24.6 Å². The van der Waals surface area contributed by atoms with Crippen LogP contribution in [-0.4, -0.2) is 42.2 Å². The summed E-state index contributed by atoms with van der Waals surface area (Å²) in [5, 5.41) is 15.1. The number of carbonyl (C=O) groups is 1. The molecule has 1 atom stereocenters. The molecule has 144 valence electrons. The maximum atomic E-state index is 12.8. The van der Waals surface area contributed by atoms with Crippen molar-refractivity contribution in [3.05, 3.63) is 70.8 Å². The van der Waals surface area contributed by atoms with E-state index in [-0.39, 0.29) is 11.9 Å². The van der Waals surface area contributed by atoms with Crippen LogP contribution in [0.4, 0.5) is 5.95 Å². The van der Waals surface area contributed by atoms with Crippen molar-refractivity contribution in [2.24, 2.45) is 0 Å². The molecule has 28 heavy (non-hydrogen) atoms. The van der Waals surface area contributed by atoms with Gasteiger partial charge in [0, 0.05) is 19.2 Å². The van der Waals surface area contributed by atoms with E-state index in [2.05, 4.69) is 15.1 Å². The fourth-order valence-corrected chi connectivity index (χ4v) is 3.43. The zero-order valence-electron chi connectivity index (χ0n) is 15.6. The van der Waals surface area contributed by atoms with Gasteiger partial charge in [-0.15, -0.1) is 0 Å². The molecule has 0 unspecified atom stereocenters. The number of aryl methyl sites for hydroxylation is 1. The summed E-state index contributed by atoms with van der Waals surface area (Å²) in [5.41, 5.74) is 9.17. The number of hydrogen-bond donors (Lipinski definition) is 2. The lowest BCUT2D eigenvalue weighted by atomic mass is 10.1. The Morgan fingerprint density at radius 2 is 2.07 bits per heavy atom. The zero-order chi connectivity index (χ0) is 19.7. The Hall–Kier alpha value is -3.26. The number of anilines is 1. The molecule has 3 heterocycles. The van der Waals surface area contributed by atoms with E-state index in [4.69, 9.17) is 5.73 Å². The molecular formula is C20H22N6O2. The molecule has 3 aromatic rings. The van der Waals surface area contributed by atoms with Gasteiger partial charge in [0.05, 0.1) is 35.7 Å². The summed E-state index contributed by atoms with van der Waals surface area (Å²) in [6.45, 7) is 3.28. The number of aliphatic hydroxyl groups is 1. The van der Waals surface area contributed by atoms with E-state index >= 15 is 0 Å². The molecule has 1 amide bonds. The van der Waals surface area contributed by atoms with Crippen LogP contribution in [-0.2, 0) is 19.5 Å². The molecule has 3 N–H and O–H groups in total. The fraction of sp³-hybridized carbons (Fsp3) is 0.300. The van der Waals surface area contributed by atoms with Gasteiger partial charge in [-0.2, -0.15) is 5.10 Å². The lowest BCUT2D eigenvalue weighted by Crippen LogP contribution is -2.38. The average molecular weight is 378 g/mol. The van der Waals surface area contributed by atoms with Crippen LogP contribution in [0.3, 0.4) is 0 Å². The monoisotopic (exact) mass is 378 g/mol. The van der Waals surface area contributed by atoms with E-state index in [1.165, 1.54) is 6.20 Å². The Kier molecular flexibility index (Phi) is 4.79. The number of nitrogens with two attached hydrogens (primary N) is 1. The smallest absolute Gasteiger partial charge is 0.257 e. The number of fused-ring (bicyclic) bond motifs is 1. The third-order valence-electron chi connectivity index (χ3n) is 4.95. The van der Waals surface area contributed by atoms with E-state index in [9.17, 15) is 9.90 Å². The first kappa shape index (κ1) is 18.1. The fourth-order valence-electron chi connectivity index (χ4n) is 3.43. The highest BCUT2D eigenvalue weighted by Gasteiger charge is 2.26. The summed E-state index contributed by atoms with van der Waals surface area (Å²) in [6.07, 6.45) is 1.29. The first-order chi connectivity index (χ1) is 13.5. The lowest BCUT2D eigenvalue weighted by molar-refractivity contribution is 0.0704. The van der Waals surface area contributed by atoms with E-state index in [1.807, 2.05) is 41.1 Å². The van der Waals surface area contributed by atoms with Gasteiger partial charge in [0.2, 0.25) is 5.95 Å². The highest BCUT2D eigenvalue weighted by molar-refractivity contribution is 5.95. The molecular weight excluding hydrogens is 356 g/mol. The van der Waals surface area contributed by atoms with E-state index in [1.54, 1.807) is 11.8 Å². The number of amides is 1. The molecule has 0 fully saturated rings. The van der Waals surface area contributed by atoms with Gasteiger partial charge in [-0.1, -0.05) is 30.3 Å². The van der Waals surface area contributed by atoms with Crippen LogP contribution in [0.25, 0.3) is 0 Å². The van der Waals surface area contributed by atoms with Gasteiger partial charge >= 0.3 is 0 Å². The van der Waals surface area contributed by atoms with Crippen LogP contribution in [0.1, 0.15) is 39.1 Å². The Bertz CT molecular complexity index is 1000. The van der Waals surface area contributed by atoms with E-state index < -0.39 is 6.10 Å². The lowest BCUT2D eigenvalue weighted by Gasteiger charge is -2.28. The third-order valence-corrected chi connectivity index (χ3v) is 4.95. The summed E-state index contributed by atoms with van der Waals surface area (Å²) < 4.78 is 1.86. The maximum absolute atomic E-state index is 12.8. The molecule has 2 aromatic heterocycles. The first-order valence-electron chi connectivity index (χ1n) is 9.18. The number of benzene rings is 1. The van der Waals surface area contributed by atoms with Crippen LogP contribution >= 0.6 is 0 Å². The molecule has 4 rings (SSSR count). The molecule has 8 nitrogen and oxygen atoms in total. The highest BCUT2D eigenvalue weighted by atomic mass is 16.3. The molecule has 1 aromatic carbocycles. The minimum Gasteiger partial charge on any atom is -0.386 e. The predicted molar refractivity (Wildman–Crippen MR) is 103 cm³/mol. The summed E-state index contributed by atoms with van der Waals surface area (Å²) in [7, 11) is 0. The van der Waals surface area contributed by atoms with Gasteiger partial charge in [0.1, 0.15) is 6.10 Å². The van der Waals surface area contributed by atoms with Gasteiger partial charge in [0.25, 0.3) is 5.91 Å². The number of rotatable bonds is 4.